The molecule has 1 rings (SSSR count). The second-order valence-corrected chi connectivity index (χ2v) is 4.89. The van der Waals surface area contributed by atoms with Crippen LogP contribution in [0.2, 0.25) is 0 Å². The van der Waals surface area contributed by atoms with E-state index in [4.69, 9.17) is 10.00 Å². The van der Waals surface area contributed by atoms with Crippen LogP contribution in [0.25, 0.3) is 0 Å². The molecular weight excluding hydrogens is 192 g/mol. The monoisotopic (exact) mass is 210 g/mol. The normalized spacial score (nSPS) is 26.8. The molecule has 1 aliphatic rings. The number of rotatable bonds is 1. The summed E-state index contributed by atoms with van der Waals surface area (Å²) >= 11 is 0. The van der Waals surface area contributed by atoms with E-state index in [1.165, 1.54) is 0 Å². The number of nitriles is 1. The number of hydrogen-bond donors (Lipinski definition) is 1. The van der Waals surface area contributed by atoms with Crippen molar-refractivity contribution in [1.82, 2.24) is 5.32 Å². The molecule has 0 spiro atoms. The molecule has 0 radical (unpaired) electrons. The Kier molecular flexibility index (Phi) is 3.70. The minimum Gasteiger partial charge on any atom is -0.460 e. The van der Waals surface area contributed by atoms with Gasteiger partial charge in [-0.2, -0.15) is 5.26 Å². The lowest BCUT2D eigenvalue weighted by Gasteiger charge is -2.28. The molecule has 1 fully saturated rings. The maximum absolute atomic E-state index is 11.7. The van der Waals surface area contributed by atoms with Crippen molar-refractivity contribution in [2.24, 2.45) is 5.92 Å². The summed E-state index contributed by atoms with van der Waals surface area (Å²) < 4.78 is 5.29. The number of carbonyl (C=O) groups excluding carboxylic acids is 1. The van der Waals surface area contributed by atoms with Crippen molar-refractivity contribution in [3.63, 3.8) is 0 Å². The standard InChI is InChI=1S/C11H18N2O2/c1-11(2,3)15-10(14)8-4-5-13-9(6-8)7-12/h8-9,13H,4-6H2,1-3H3/t8-,9-/m1/s1. The summed E-state index contributed by atoms with van der Waals surface area (Å²) in [6.07, 6.45) is 1.32. The molecule has 0 amide bonds. The van der Waals surface area contributed by atoms with Crippen LogP contribution < -0.4 is 5.32 Å². The molecule has 1 heterocycles. The van der Waals surface area contributed by atoms with E-state index in [9.17, 15) is 4.79 Å². The molecule has 0 bridgehead atoms. The molecule has 1 saturated heterocycles. The predicted octanol–water partition coefficient (Wildman–Crippen LogP) is 1.22. The SMILES string of the molecule is CC(C)(C)OC(=O)[C@@H]1CCN[C@@H](C#N)C1. The molecule has 1 aliphatic heterocycles. The minimum absolute atomic E-state index is 0.130. The number of ether oxygens (including phenoxy) is 1. The number of esters is 1. The topological polar surface area (TPSA) is 62.1 Å². The molecule has 4 heteroatoms. The van der Waals surface area contributed by atoms with Gasteiger partial charge in [0, 0.05) is 0 Å². The number of hydrogen-bond acceptors (Lipinski definition) is 4. The molecule has 0 aliphatic carbocycles. The van der Waals surface area contributed by atoms with Crippen LogP contribution in [0.1, 0.15) is 33.6 Å². The Labute approximate surface area is 90.6 Å². The lowest BCUT2D eigenvalue weighted by atomic mass is 9.93. The van der Waals surface area contributed by atoms with Crippen molar-refractivity contribution in [3.05, 3.63) is 0 Å². The fourth-order valence-corrected chi connectivity index (χ4v) is 1.62. The van der Waals surface area contributed by atoms with Gasteiger partial charge in [-0.3, -0.25) is 4.79 Å². The predicted molar refractivity (Wildman–Crippen MR) is 56.0 cm³/mol. The van der Waals surface area contributed by atoms with E-state index in [2.05, 4.69) is 11.4 Å². The first-order valence-corrected chi connectivity index (χ1v) is 5.28. The Morgan fingerprint density at radius 1 is 1.53 bits per heavy atom. The first kappa shape index (κ1) is 12.0. The Bertz CT molecular complexity index is 275. The zero-order valence-corrected chi connectivity index (χ0v) is 9.54. The van der Waals surface area contributed by atoms with Gasteiger partial charge in [0.25, 0.3) is 0 Å². The van der Waals surface area contributed by atoms with E-state index in [0.717, 1.165) is 6.42 Å². The fraction of sp³-hybridized carbons (Fsp3) is 0.818. The van der Waals surface area contributed by atoms with E-state index < -0.39 is 5.60 Å². The Morgan fingerprint density at radius 2 is 2.20 bits per heavy atom. The Morgan fingerprint density at radius 3 is 2.73 bits per heavy atom. The fourth-order valence-electron chi connectivity index (χ4n) is 1.62. The van der Waals surface area contributed by atoms with Gasteiger partial charge in [-0.15, -0.1) is 0 Å². The molecule has 2 atom stereocenters. The zero-order valence-electron chi connectivity index (χ0n) is 9.54. The summed E-state index contributed by atoms with van der Waals surface area (Å²) in [5.74, 6) is -0.306. The first-order chi connectivity index (χ1) is 6.92. The van der Waals surface area contributed by atoms with Gasteiger partial charge >= 0.3 is 5.97 Å². The van der Waals surface area contributed by atoms with Crippen LogP contribution in [0.4, 0.5) is 0 Å². The summed E-state index contributed by atoms with van der Waals surface area (Å²) in [5.41, 5.74) is -0.440. The van der Waals surface area contributed by atoms with Crippen LogP contribution >= 0.6 is 0 Å². The quantitative estimate of drug-likeness (QED) is 0.661. The third kappa shape index (κ3) is 3.88. The van der Waals surface area contributed by atoms with Gasteiger partial charge in [0.2, 0.25) is 0 Å². The van der Waals surface area contributed by atoms with Crippen molar-refractivity contribution in [2.75, 3.05) is 6.54 Å². The summed E-state index contributed by atoms with van der Waals surface area (Å²) in [6.45, 7) is 6.28. The molecule has 84 valence electrons. The van der Waals surface area contributed by atoms with Crippen LogP contribution in [-0.2, 0) is 9.53 Å². The van der Waals surface area contributed by atoms with Gasteiger partial charge in [-0.1, -0.05) is 0 Å². The van der Waals surface area contributed by atoms with E-state index in [1.54, 1.807) is 0 Å². The van der Waals surface area contributed by atoms with Crippen LogP contribution in [0.15, 0.2) is 0 Å². The van der Waals surface area contributed by atoms with Gasteiger partial charge in [-0.05, 0) is 40.2 Å². The highest BCUT2D eigenvalue weighted by Crippen LogP contribution is 2.20. The van der Waals surface area contributed by atoms with Crippen LogP contribution in [0.3, 0.4) is 0 Å². The summed E-state index contributed by atoms with van der Waals surface area (Å²) in [7, 11) is 0. The smallest absolute Gasteiger partial charge is 0.309 e. The Hall–Kier alpha value is -1.08. The summed E-state index contributed by atoms with van der Waals surface area (Å²) in [4.78, 5) is 11.7. The lowest BCUT2D eigenvalue weighted by Crippen LogP contribution is -2.41. The minimum atomic E-state index is -0.440. The van der Waals surface area contributed by atoms with Crippen LogP contribution in [0, 0.1) is 17.2 Å². The zero-order chi connectivity index (χ0) is 11.5. The van der Waals surface area contributed by atoms with Crippen molar-refractivity contribution < 1.29 is 9.53 Å². The molecule has 4 nitrogen and oxygen atoms in total. The number of nitrogens with one attached hydrogen (secondary N) is 1. The van der Waals surface area contributed by atoms with Crippen molar-refractivity contribution >= 4 is 5.97 Å². The second kappa shape index (κ2) is 4.63. The Balaban J connectivity index is 2.50. The third-order valence-electron chi connectivity index (χ3n) is 2.30. The van der Waals surface area contributed by atoms with Crippen molar-refractivity contribution in [1.29, 1.82) is 5.26 Å². The van der Waals surface area contributed by atoms with Gasteiger partial charge in [0.05, 0.1) is 18.0 Å². The maximum atomic E-state index is 11.7. The third-order valence-corrected chi connectivity index (χ3v) is 2.30. The average Bonchev–Trinajstić information content (AvgIpc) is 2.15. The molecular formula is C11H18N2O2. The van der Waals surface area contributed by atoms with E-state index in [0.29, 0.717) is 13.0 Å². The summed E-state index contributed by atoms with van der Waals surface area (Å²) in [6, 6.07) is 1.92. The highest BCUT2D eigenvalue weighted by Gasteiger charge is 2.30. The number of piperidine rings is 1. The van der Waals surface area contributed by atoms with Crippen LogP contribution in [-0.4, -0.2) is 24.2 Å². The molecule has 0 aromatic rings. The summed E-state index contributed by atoms with van der Waals surface area (Å²) in [5, 5.41) is 11.8. The molecule has 0 aromatic heterocycles. The molecule has 0 unspecified atom stereocenters. The molecule has 0 aromatic carbocycles. The van der Waals surface area contributed by atoms with Gasteiger partial charge in [0.1, 0.15) is 5.60 Å². The maximum Gasteiger partial charge on any atom is 0.309 e. The van der Waals surface area contributed by atoms with Crippen LogP contribution in [0.5, 0.6) is 0 Å². The molecule has 1 N–H and O–H groups in total. The van der Waals surface area contributed by atoms with Gasteiger partial charge < -0.3 is 10.1 Å². The van der Waals surface area contributed by atoms with E-state index in [-0.39, 0.29) is 17.9 Å². The van der Waals surface area contributed by atoms with Crippen molar-refractivity contribution in [3.8, 4) is 6.07 Å². The number of carbonyl (C=O) groups is 1. The van der Waals surface area contributed by atoms with Gasteiger partial charge in [0.15, 0.2) is 0 Å². The number of nitrogens with zero attached hydrogens (tertiary/aromatic N) is 1. The lowest BCUT2D eigenvalue weighted by molar-refractivity contribution is -0.161. The second-order valence-electron chi connectivity index (χ2n) is 4.89. The van der Waals surface area contributed by atoms with Gasteiger partial charge in [-0.25, -0.2) is 0 Å². The van der Waals surface area contributed by atoms with E-state index >= 15 is 0 Å². The highest BCUT2D eigenvalue weighted by atomic mass is 16.6. The van der Waals surface area contributed by atoms with E-state index in [1.807, 2.05) is 20.8 Å². The largest absolute Gasteiger partial charge is 0.460 e. The van der Waals surface area contributed by atoms with Crippen molar-refractivity contribution in [2.45, 2.75) is 45.3 Å². The first-order valence-electron chi connectivity index (χ1n) is 5.28. The molecule has 0 saturated carbocycles. The highest BCUT2D eigenvalue weighted by molar-refractivity contribution is 5.73. The molecule has 15 heavy (non-hydrogen) atoms. The average molecular weight is 210 g/mol.